The average molecular weight is 309 g/mol. The van der Waals surface area contributed by atoms with Gasteiger partial charge in [0.1, 0.15) is 16.9 Å². The fourth-order valence-electron chi connectivity index (χ4n) is 2.45. The number of nitrogens with zero attached hydrogens (tertiary/aromatic N) is 1. The molecule has 0 unspecified atom stereocenters. The molecule has 1 aliphatic heterocycles. The van der Waals surface area contributed by atoms with E-state index >= 15 is 0 Å². The van der Waals surface area contributed by atoms with Crippen molar-refractivity contribution in [3.63, 3.8) is 0 Å². The Bertz CT molecular complexity index is 470. The van der Waals surface area contributed by atoms with E-state index in [0.717, 1.165) is 42.2 Å². The quantitative estimate of drug-likeness (QED) is 0.806. The van der Waals surface area contributed by atoms with Gasteiger partial charge in [0.25, 0.3) is 0 Å². The van der Waals surface area contributed by atoms with Crippen molar-refractivity contribution in [2.24, 2.45) is 0 Å². The molecule has 1 fully saturated rings. The van der Waals surface area contributed by atoms with E-state index < -0.39 is 0 Å². The van der Waals surface area contributed by atoms with Gasteiger partial charge in [0.2, 0.25) is 5.91 Å². The Balaban J connectivity index is 2.21. The first kappa shape index (κ1) is 16.0. The van der Waals surface area contributed by atoms with Crippen LogP contribution in [-0.2, 0) is 4.79 Å². The van der Waals surface area contributed by atoms with Gasteiger partial charge < -0.3 is 14.4 Å². The predicted octanol–water partition coefficient (Wildman–Crippen LogP) is 3.47. The van der Waals surface area contributed by atoms with E-state index in [-0.39, 0.29) is 11.3 Å². The number of benzene rings is 1. The number of methoxy groups -OCH3 is 2. The minimum Gasteiger partial charge on any atom is -0.497 e. The van der Waals surface area contributed by atoms with Gasteiger partial charge in [-0.25, -0.2) is 0 Å². The molecule has 1 heterocycles. The molecule has 1 aromatic rings. The van der Waals surface area contributed by atoms with Crippen LogP contribution in [0, 0.1) is 0 Å². The second-order valence-corrected chi connectivity index (χ2v) is 6.25. The fraction of sp³-hybridized carbons (Fsp3) is 0.562. The second kappa shape index (κ2) is 7.59. The first-order chi connectivity index (χ1) is 10.2. The predicted molar refractivity (Wildman–Crippen MR) is 86.0 cm³/mol. The molecule has 1 saturated heterocycles. The van der Waals surface area contributed by atoms with Crippen molar-refractivity contribution in [1.29, 1.82) is 0 Å². The summed E-state index contributed by atoms with van der Waals surface area (Å²) in [7, 11) is 3.29. The van der Waals surface area contributed by atoms with Gasteiger partial charge in [-0.2, -0.15) is 0 Å². The third-order valence-electron chi connectivity index (χ3n) is 3.61. The number of unbranched alkanes of at least 4 members (excludes halogenated alkanes) is 1. The second-order valence-electron chi connectivity index (χ2n) is 5.06. The van der Waals surface area contributed by atoms with Crippen molar-refractivity contribution >= 4 is 17.7 Å². The van der Waals surface area contributed by atoms with Crippen LogP contribution < -0.4 is 9.47 Å². The molecule has 4 nitrogen and oxygen atoms in total. The molecular formula is C16H23NO3S. The van der Waals surface area contributed by atoms with Crippen molar-refractivity contribution < 1.29 is 14.3 Å². The molecule has 1 amide bonds. The summed E-state index contributed by atoms with van der Waals surface area (Å²) < 4.78 is 10.6. The summed E-state index contributed by atoms with van der Waals surface area (Å²) in [6, 6.07) is 5.84. The lowest BCUT2D eigenvalue weighted by Gasteiger charge is -2.25. The topological polar surface area (TPSA) is 38.8 Å². The van der Waals surface area contributed by atoms with E-state index in [1.807, 2.05) is 23.1 Å². The van der Waals surface area contributed by atoms with Gasteiger partial charge in [0.15, 0.2) is 0 Å². The van der Waals surface area contributed by atoms with Crippen LogP contribution in [0.4, 0.5) is 0 Å². The average Bonchev–Trinajstić information content (AvgIpc) is 3.01. The molecule has 116 valence electrons. The van der Waals surface area contributed by atoms with Gasteiger partial charge in [0, 0.05) is 24.8 Å². The minimum absolute atomic E-state index is 0.0679. The van der Waals surface area contributed by atoms with Gasteiger partial charge in [0.05, 0.1) is 14.2 Å². The van der Waals surface area contributed by atoms with Crippen LogP contribution >= 0.6 is 11.8 Å². The first-order valence-electron chi connectivity index (χ1n) is 7.33. The summed E-state index contributed by atoms with van der Waals surface area (Å²) in [6.45, 7) is 2.92. The van der Waals surface area contributed by atoms with Crippen molar-refractivity contribution in [3.05, 3.63) is 23.8 Å². The van der Waals surface area contributed by atoms with Gasteiger partial charge >= 0.3 is 0 Å². The van der Waals surface area contributed by atoms with Crippen molar-refractivity contribution in [2.45, 2.75) is 31.6 Å². The maximum atomic E-state index is 12.3. The fourth-order valence-corrected chi connectivity index (χ4v) is 3.70. The molecule has 21 heavy (non-hydrogen) atoms. The standard InChI is InChI=1S/C16H23NO3S/c1-4-5-6-15(18)17-7-8-21-16(17)12-9-13(19-2)11-14(10-12)20-3/h9-11,16H,4-8H2,1-3H3/t16-/m1/s1. The summed E-state index contributed by atoms with van der Waals surface area (Å²) in [6.07, 6.45) is 2.63. The molecule has 0 aromatic heterocycles. The number of carbonyl (C=O) groups excluding carboxylic acids is 1. The van der Waals surface area contributed by atoms with Gasteiger partial charge in [-0.1, -0.05) is 13.3 Å². The van der Waals surface area contributed by atoms with Crippen molar-refractivity contribution in [1.82, 2.24) is 4.90 Å². The maximum absolute atomic E-state index is 12.3. The van der Waals surface area contributed by atoms with Crippen molar-refractivity contribution in [2.75, 3.05) is 26.5 Å². The molecule has 5 heteroatoms. The summed E-state index contributed by atoms with van der Waals surface area (Å²) >= 11 is 1.80. The highest BCUT2D eigenvalue weighted by Crippen LogP contribution is 2.40. The summed E-state index contributed by atoms with van der Waals surface area (Å²) in [5, 5.41) is 0.0679. The SMILES string of the molecule is CCCCC(=O)N1CCS[C@@H]1c1cc(OC)cc(OC)c1. The Hall–Kier alpha value is -1.36. The summed E-state index contributed by atoms with van der Waals surface area (Å²) in [4.78, 5) is 14.3. The molecule has 0 bridgehead atoms. The largest absolute Gasteiger partial charge is 0.497 e. The highest BCUT2D eigenvalue weighted by atomic mass is 32.2. The Labute approximate surface area is 130 Å². The summed E-state index contributed by atoms with van der Waals surface area (Å²) in [5.74, 6) is 2.74. The third-order valence-corrected chi connectivity index (χ3v) is 4.88. The zero-order chi connectivity index (χ0) is 15.2. The zero-order valence-electron chi connectivity index (χ0n) is 12.9. The molecule has 2 rings (SSSR count). The molecule has 1 aromatic carbocycles. The van der Waals surface area contributed by atoms with Crippen LogP contribution in [0.25, 0.3) is 0 Å². The van der Waals surface area contributed by atoms with Crippen LogP contribution in [0.3, 0.4) is 0 Å². The van der Waals surface area contributed by atoms with Crippen LogP contribution in [0.15, 0.2) is 18.2 Å². The third kappa shape index (κ3) is 3.84. The molecule has 0 N–H and O–H groups in total. The maximum Gasteiger partial charge on any atom is 0.223 e. The van der Waals surface area contributed by atoms with Crippen molar-refractivity contribution in [3.8, 4) is 11.5 Å². The molecule has 0 aliphatic carbocycles. The minimum atomic E-state index is 0.0679. The van der Waals surface area contributed by atoms with Gasteiger partial charge in [-0.05, 0) is 24.1 Å². The monoisotopic (exact) mass is 309 g/mol. The molecule has 1 aliphatic rings. The Kier molecular flexibility index (Phi) is 5.79. The van der Waals surface area contributed by atoms with Crippen LogP contribution in [0.5, 0.6) is 11.5 Å². The number of hydrogen-bond acceptors (Lipinski definition) is 4. The van der Waals surface area contributed by atoms with E-state index in [1.165, 1.54) is 0 Å². The molecule has 1 atom stereocenters. The Morgan fingerprint density at radius 3 is 2.52 bits per heavy atom. The number of amides is 1. The van der Waals surface area contributed by atoms with Crippen LogP contribution in [0.2, 0.25) is 0 Å². The zero-order valence-corrected chi connectivity index (χ0v) is 13.7. The number of carbonyl (C=O) groups is 1. The van der Waals surface area contributed by atoms with E-state index in [4.69, 9.17) is 9.47 Å². The number of hydrogen-bond donors (Lipinski definition) is 0. The number of ether oxygens (including phenoxy) is 2. The molecule has 0 radical (unpaired) electrons. The number of rotatable bonds is 6. The lowest BCUT2D eigenvalue weighted by molar-refractivity contribution is -0.131. The summed E-state index contributed by atoms with van der Waals surface area (Å²) in [5.41, 5.74) is 1.07. The van der Waals surface area contributed by atoms with E-state index in [9.17, 15) is 4.79 Å². The van der Waals surface area contributed by atoms with Gasteiger partial charge in [-0.3, -0.25) is 4.79 Å². The molecule has 0 saturated carbocycles. The highest BCUT2D eigenvalue weighted by molar-refractivity contribution is 7.99. The highest BCUT2D eigenvalue weighted by Gasteiger charge is 2.30. The van der Waals surface area contributed by atoms with Crippen LogP contribution in [0.1, 0.15) is 37.1 Å². The number of thioether (sulfide) groups is 1. The van der Waals surface area contributed by atoms with Gasteiger partial charge in [-0.15, -0.1) is 11.8 Å². The lowest BCUT2D eigenvalue weighted by Crippen LogP contribution is -2.30. The smallest absolute Gasteiger partial charge is 0.223 e. The molecule has 0 spiro atoms. The Morgan fingerprint density at radius 2 is 1.95 bits per heavy atom. The normalized spacial score (nSPS) is 17.9. The first-order valence-corrected chi connectivity index (χ1v) is 8.38. The van der Waals surface area contributed by atoms with Crippen LogP contribution in [-0.4, -0.2) is 37.3 Å². The molecular weight excluding hydrogens is 286 g/mol. The van der Waals surface area contributed by atoms with E-state index in [0.29, 0.717) is 6.42 Å². The van der Waals surface area contributed by atoms with E-state index in [2.05, 4.69) is 6.92 Å². The Morgan fingerprint density at radius 1 is 1.29 bits per heavy atom. The van der Waals surface area contributed by atoms with E-state index in [1.54, 1.807) is 26.0 Å². The lowest BCUT2D eigenvalue weighted by atomic mass is 10.1.